The van der Waals surface area contributed by atoms with Crippen LogP contribution >= 0.6 is 11.6 Å². The molecule has 36 heavy (non-hydrogen) atoms. The molecular weight excluding hydrogens is 542 g/mol. The van der Waals surface area contributed by atoms with E-state index >= 15 is 0 Å². The molecule has 1 unspecified atom stereocenters. The molecule has 0 saturated heterocycles. The molecule has 0 spiro atoms. The molecule has 2 rings (SSSR count). The van der Waals surface area contributed by atoms with Gasteiger partial charge in [-0.25, -0.2) is 31.6 Å². The Hall–Kier alpha value is -2.50. The highest BCUT2D eigenvalue weighted by molar-refractivity contribution is 7.90. The number of esters is 1. The Morgan fingerprint density at radius 3 is 2.53 bits per heavy atom. The van der Waals surface area contributed by atoms with Crippen LogP contribution in [0.5, 0.6) is 0 Å². The van der Waals surface area contributed by atoms with E-state index in [0.717, 1.165) is 12.1 Å². The van der Waals surface area contributed by atoms with E-state index in [2.05, 4.69) is 30.1 Å². The highest BCUT2D eigenvalue weighted by Gasteiger charge is 2.32. The first-order chi connectivity index (χ1) is 16.7. The van der Waals surface area contributed by atoms with Gasteiger partial charge >= 0.3 is 12.1 Å². The molecule has 1 heterocycles. The van der Waals surface area contributed by atoms with Crippen molar-refractivity contribution < 1.29 is 40.7 Å². The van der Waals surface area contributed by atoms with E-state index in [1.165, 1.54) is 6.92 Å². The van der Waals surface area contributed by atoms with Gasteiger partial charge in [0.1, 0.15) is 15.8 Å². The number of nitrogens with one attached hydrogen (secondary N) is 4. The number of anilines is 1. The standard InChI is InChI=1S/C19H28ClN5O9S2/c1-3-33-19(28)34-18(27)11(2)22-6-4-5-7-23-17(26)10-16-24-13-8-12(20)14(35(21,29)30)9-15(13)36(31,32)25-16/h8-9,11,16,22,24-25H,3-7,10H2,1-2H3,(H,23,26)(H2,21,29,30)/t11?,16-/m0/s1. The summed E-state index contributed by atoms with van der Waals surface area (Å²) >= 11 is 5.93. The summed E-state index contributed by atoms with van der Waals surface area (Å²) in [5.74, 6) is -1.21. The number of halogens is 1. The van der Waals surface area contributed by atoms with E-state index in [-0.39, 0.29) is 28.6 Å². The van der Waals surface area contributed by atoms with Gasteiger partial charge in [-0.1, -0.05) is 11.6 Å². The fourth-order valence-electron chi connectivity index (χ4n) is 3.10. The van der Waals surface area contributed by atoms with Crippen LogP contribution in [0, 0.1) is 0 Å². The summed E-state index contributed by atoms with van der Waals surface area (Å²) < 4.78 is 59.6. The van der Waals surface area contributed by atoms with Gasteiger partial charge in [-0.3, -0.25) is 4.79 Å². The van der Waals surface area contributed by atoms with Gasteiger partial charge in [0.2, 0.25) is 26.0 Å². The number of hydrogen-bond acceptors (Lipinski definition) is 11. The van der Waals surface area contributed by atoms with Crippen molar-refractivity contribution in [3.05, 3.63) is 17.2 Å². The van der Waals surface area contributed by atoms with Crippen molar-refractivity contribution in [2.75, 3.05) is 25.0 Å². The number of nitrogens with two attached hydrogens (primary N) is 1. The number of carbonyl (C=O) groups is 3. The van der Waals surface area contributed by atoms with Gasteiger partial charge in [-0.15, -0.1) is 0 Å². The predicted octanol–water partition coefficient (Wildman–Crippen LogP) is -0.0184. The minimum atomic E-state index is -4.25. The van der Waals surface area contributed by atoms with Gasteiger partial charge < -0.3 is 25.4 Å². The molecule has 1 amide bonds. The molecule has 1 aromatic rings. The van der Waals surface area contributed by atoms with Crippen LogP contribution in [0.3, 0.4) is 0 Å². The van der Waals surface area contributed by atoms with E-state index < -0.39 is 55.2 Å². The molecule has 1 aliphatic heterocycles. The summed E-state index contributed by atoms with van der Waals surface area (Å²) in [5, 5.41) is 13.1. The zero-order valence-corrected chi connectivity index (χ0v) is 21.9. The average molecular weight is 570 g/mol. The van der Waals surface area contributed by atoms with Crippen molar-refractivity contribution in [3.63, 3.8) is 0 Å². The number of ether oxygens (including phenoxy) is 2. The van der Waals surface area contributed by atoms with Gasteiger partial charge in [-0.2, -0.15) is 4.72 Å². The highest BCUT2D eigenvalue weighted by Crippen LogP contribution is 2.33. The maximum atomic E-state index is 12.6. The van der Waals surface area contributed by atoms with Crippen LogP contribution < -0.4 is 25.8 Å². The lowest BCUT2D eigenvalue weighted by Gasteiger charge is -2.28. The van der Waals surface area contributed by atoms with Gasteiger partial charge in [0, 0.05) is 6.54 Å². The molecule has 1 aromatic carbocycles. The third kappa shape index (κ3) is 8.56. The molecule has 0 aromatic heterocycles. The quantitative estimate of drug-likeness (QED) is 0.136. The topological polar surface area (TPSA) is 212 Å². The van der Waals surface area contributed by atoms with Gasteiger partial charge in [0.05, 0.1) is 29.9 Å². The Bertz CT molecular complexity index is 1210. The Morgan fingerprint density at radius 1 is 1.22 bits per heavy atom. The molecule has 0 bridgehead atoms. The number of amides is 1. The smallest absolute Gasteiger partial charge is 0.434 e. The summed E-state index contributed by atoms with van der Waals surface area (Å²) in [4.78, 5) is 34.2. The van der Waals surface area contributed by atoms with Gasteiger partial charge in [0.25, 0.3) is 0 Å². The number of rotatable bonds is 11. The van der Waals surface area contributed by atoms with E-state index in [4.69, 9.17) is 16.7 Å². The Labute approximate surface area is 213 Å². The van der Waals surface area contributed by atoms with Crippen molar-refractivity contribution in [3.8, 4) is 0 Å². The van der Waals surface area contributed by atoms with Gasteiger partial charge in [-0.05, 0) is 45.4 Å². The minimum Gasteiger partial charge on any atom is -0.434 e. The lowest BCUT2D eigenvalue weighted by Crippen LogP contribution is -2.47. The lowest BCUT2D eigenvalue weighted by atomic mass is 10.2. The second kappa shape index (κ2) is 12.6. The average Bonchev–Trinajstić information content (AvgIpc) is 2.74. The third-order valence-corrected chi connectivity index (χ3v) is 7.71. The maximum Gasteiger partial charge on any atom is 0.516 e. The summed E-state index contributed by atoms with van der Waals surface area (Å²) in [6.45, 7) is 3.91. The fourth-order valence-corrected chi connectivity index (χ4v) is 5.60. The Balaban J connectivity index is 1.77. The minimum absolute atomic E-state index is 0.0330. The molecular formula is C19H28ClN5O9S2. The van der Waals surface area contributed by atoms with Crippen LogP contribution in [-0.2, 0) is 39.1 Å². The molecule has 0 aliphatic carbocycles. The normalized spacial score (nSPS) is 17.3. The molecule has 202 valence electrons. The van der Waals surface area contributed by atoms with Crippen LogP contribution in [0.1, 0.15) is 33.1 Å². The van der Waals surface area contributed by atoms with Crippen LogP contribution in [0.15, 0.2) is 21.9 Å². The van der Waals surface area contributed by atoms with Crippen molar-refractivity contribution >= 4 is 55.4 Å². The molecule has 17 heteroatoms. The largest absolute Gasteiger partial charge is 0.516 e. The Kier molecular flexibility index (Phi) is 10.4. The predicted molar refractivity (Wildman–Crippen MR) is 128 cm³/mol. The number of hydrogen-bond donors (Lipinski definition) is 5. The summed E-state index contributed by atoms with van der Waals surface area (Å²) in [5.41, 5.74) is 0.0330. The first kappa shape index (κ1) is 29.7. The van der Waals surface area contributed by atoms with E-state index in [0.29, 0.717) is 25.9 Å². The zero-order chi connectivity index (χ0) is 27.1. The second-order valence-electron chi connectivity index (χ2n) is 7.68. The van der Waals surface area contributed by atoms with E-state index in [9.17, 15) is 31.2 Å². The van der Waals surface area contributed by atoms with Crippen LogP contribution in [0.4, 0.5) is 10.5 Å². The molecule has 0 saturated carbocycles. The number of primary sulfonamides is 1. The second-order valence-corrected chi connectivity index (χ2v) is 11.3. The fraction of sp³-hybridized carbons (Fsp3) is 0.526. The van der Waals surface area contributed by atoms with Crippen LogP contribution in [0.2, 0.25) is 5.02 Å². The van der Waals surface area contributed by atoms with E-state index in [1.54, 1.807) is 6.92 Å². The monoisotopic (exact) mass is 569 g/mol. The molecule has 6 N–H and O–H groups in total. The Morgan fingerprint density at radius 2 is 1.89 bits per heavy atom. The summed E-state index contributed by atoms with van der Waals surface area (Å²) in [7, 11) is -8.39. The first-order valence-corrected chi connectivity index (χ1v) is 14.2. The maximum absolute atomic E-state index is 12.6. The molecule has 14 nitrogen and oxygen atoms in total. The number of benzene rings is 1. The molecule has 0 fully saturated rings. The summed E-state index contributed by atoms with van der Waals surface area (Å²) in [6, 6.07) is 1.24. The molecule has 2 atom stereocenters. The third-order valence-electron chi connectivity index (χ3n) is 4.82. The van der Waals surface area contributed by atoms with Crippen molar-refractivity contribution in [1.82, 2.24) is 15.4 Å². The number of sulfonamides is 2. The first-order valence-electron chi connectivity index (χ1n) is 10.8. The van der Waals surface area contributed by atoms with Crippen molar-refractivity contribution in [2.45, 2.75) is 55.1 Å². The van der Waals surface area contributed by atoms with Crippen molar-refractivity contribution in [1.29, 1.82) is 0 Å². The number of fused-ring (bicyclic) bond motifs is 1. The van der Waals surface area contributed by atoms with Crippen LogP contribution in [0.25, 0.3) is 0 Å². The zero-order valence-electron chi connectivity index (χ0n) is 19.5. The molecule has 0 radical (unpaired) electrons. The van der Waals surface area contributed by atoms with Crippen LogP contribution in [-0.4, -0.2) is 66.8 Å². The van der Waals surface area contributed by atoms with E-state index in [1.807, 2.05) is 0 Å². The van der Waals surface area contributed by atoms with Gasteiger partial charge in [0.15, 0.2) is 0 Å². The SMILES string of the molecule is CCOC(=O)OC(=O)C(C)NCCCCNC(=O)C[C@H]1Nc2cc(Cl)c(S(N)(=O)=O)cc2S(=O)(=O)N1. The number of carbonyl (C=O) groups excluding carboxylic acids is 3. The van der Waals surface area contributed by atoms with Crippen molar-refractivity contribution in [2.24, 2.45) is 5.14 Å². The molecule has 1 aliphatic rings. The summed E-state index contributed by atoms with van der Waals surface area (Å²) in [6.07, 6.45) is -1.16. The highest BCUT2D eigenvalue weighted by atomic mass is 35.5. The lowest BCUT2D eigenvalue weighted by molar-refractivity contribution is -0.141. The number of unbranched alkanes of at least 4 members (excludes halogenated alkanes) is 1.